The van der Waals surface area contributed by atoms with Crippen molar-refractivity contribution >= 4 is 11.0 Å². The van der Waals surface area contributed by atoms with Crippen LogP contribution < -0.4 is 0 Å². The lowest BCUT2D eigenvalue weighted by Gasteiger charge is -2.00. The molecule has 5 heteroatoms. The van der Waals surface area contributed by atoms with Crippen molar-refractivity contribution in [3.05, 3.63) is 43.4 Å². The molecule has 0 spiro atoms. The predicted octanol–water partition coefficient (Wildman–Crippen LogP) is 1.21. The molecule has 0 atom stereocenters. The minimum atomic E-state index is 0.756. The Kier molecular flexibility index (Phi) is 1.68. The van der Waals surface area contributed by atoms with Crippen molar-refractivity contribution in [2.24, 2.45) is 0 Å². The van der Waals surface area contributed by atoms with E-state index in [0.717, 1.165) is 16.9 Å². The van der Waals surface area contributed by atoms with Crippen LogP contribution >= 0.6 is 0 Å². The average molecular weight is 197 g/mol. The molecule has 3 rings (SSSR count). The topological polar surface area (TPSA) is 56.5 Å². The standard InChI is InChI=1S/C10H7N5/c1-2-11-5-8-9(1)15(7-14-8)10-6-12-3-4-13-10/h1-7H. The van der Waals surface area contributed by atoms with Crippen molar-refractivity contribution in [2.75, 3.05) is 0 Å². The normalized spacial score (nSPS) is 10.7. The molecule has 3 aromatic heterocycles. The molecule has 0 aliphatic heterocycles. The molecule has 3 heterocycles. The lowest BCUT2D eigenvalue weighted by atomic mass is 10.4. The first kappa shape index (κ1) is 8.05. The van der Waals surface area contributed by atoms with Gasteiger partial charge in [-0.1, -0.05) is 0 Å². The molecule has 0 saturated carbocycles. The minimum absolute atomic E-state index is 0.756. The summed E-state index contributed by atoms with van der Waals surface area (Å²) in [6, 6.07) is 1.90. The molecule has 0 aromatic carbocycles. The third kappa shape index (κ3) is 1.25. The number of nitrogens with zero attached hydrogens (tertiary/aromatic N) is 5. The Morgan fingerprint density at radius 1 is 0.933 bits per heavy atom. The lowest BCUT2D eigenvalue weighted by Crippen LogP contribution is -1.95. The second-order valence-electron chi connectivity index (χ2n) is 3.04. The maximum atomic E-state index is 4.23. The van der Waals surface area contributed by atoms with Crippen LogP contribution in [0, 0.1) is 0 Å². The number of aromatic nitrogens is 5. The van der Waals surface area contributed by atoms with Gasteiger partial charge in [0.1, 0.15) is 11.8 Å². The summed E-state index contributed by atoms with van der Waals surface area (Å²) in [4.78, 5) is 16.5. The van der Waals surface area contributed by atoms with Crippen molar-refractivity contribution in [2.45, 2.75) is 0 Å². The van der Waals surface area contributed by atoms with Gasteiger partial charge >= 0.3 is 0 Å². The van der Waals surface area contributed by atoms with Gasteiger partial charge in [0.2, 0.25) is 0 Å². The molecule has 0 N–H and O–H groups in total. The van der Waals surface area contributed by atoms with Crippen LogP contribution in [0.15, 0.2) is 43.4 Å². The van der Waals surface area contributed by atoms with Crippen molar-refractivity contribution in [1.29, 1.82) is 0 Å². The molecule has 0 amide bonds. The highest BCUT2D eigenvalue weighted by molar-refractivity contribution is 5.75. The van der Waals surface area contributed by atoms with Gasteiger partial charge in [-0.3, -0.25) is 14.5 Å². The average Bonchev–Trinajstić information content (AvgIpc) is 2.74. The third-order valence-electron chi connectivity index (χ3n) is 2.15. The molecule has 72 valence electrons. The Balaban J connectivity index is 2.28. The fourth-order valence-electron chi connectivity index (χ4n) is 1.46. The van der Waals surface area contributed by atoms with E-state index in [1.54, 1.807) is 37.3 Å². The summed E-state index contributed by atoms with van der Waals surface area (Å²) in [5.41, 5.74) is 1.83. The summed E-state index contributed by atoms with van der Waals surface area (Å²) in [6.07, 6.45) is 10.2. The first-order chi connectivity index (χ1) is 7.45. The molecule has 3 aromatic rings. The molecule has 0 bridgehead atoms. The summed E-state index contributed by atoms with van der Waals surface area (Å²) in [6.45, 7) is 0. The Morgan fingerprint density at radius 2 is 1.87 bits per heavy atom. The molecule has 0 aliphatic rings. The Morgan fingerprint density at radius 3 is 2.73 bits per heavy atom. The van der Waals surface area contributed by atoms with E-state index in [0.29, 0.717) is 0 Å². The zero-order chi connectivity index (χ0) is 10.1. The summed E-state index contributed by atoms with van der Waals surface area (Å²) in [5.74, 6) is 0.756. The van der Waals surface area contributed by atoms with Crippen molar-refractivity contribution < 1.29 is 0 Å². The van der Waals surface area contributed by atoms with Crippen LogP contribution in [0.3, 0.4) is 0 Å². The molecule has 0 saturated heterocycles. The molecular formula is C10H7N5. The quantitative estimate of drug-likeness (QED) is 0.588. The molecular weight excluding hydrogens is 190 g/mol. The predicted molar refractivity (Wildman–Crippen MR) is 54.5 cm³/mol. The number of hydrogen-bond acceptors (Lipinski definition) is 4. The molecule has 0 unspecified atom stereocenters. The molecule has 15 heavy (non-hydrogen) atoms. The van der Waals surface area contributed by atoms with Crippen LogP contribution in [-0.2, 0) is 0 Å². The van der Waals surface area contributed by atoms with Crippen molar-refractivity contribution in [3.8, 4) is 5.82 Å². The second kappa shape index (κ2) is 3.13. The summed E-state index contributed by atoms with van der Waals surface area (Å²) in [7, 11) is 0. The minimum Gasteiger partial charge on any atom is -0.282 e. The van der Waals surface area contributed by atoms with Gasteiger partial charge in [-0.05, 0) is 6.07 Å². The van der Waals surface area contributed by atoms with E-state index in [-0.39, 0.29) is 0 Å². The summed E-state index contributed by atoms with van der Waals surface area (Å²) < 4.78 is 1.88. The van der Waals surface area contributed by atoms with E-state index in [2.05, 4.69) is 19.9 Å². The van der Waals surface area contributed by atoms with Crippen LogP contribution in [0.2, 0.25) is 0 Å². The SMILES string of the molecule is c1cnc(-n2cnc3cnccc32)cn1. The van der Waals surface area contributed by atoms with Crippen LogP contribution in [0.25, 0.3) is 16.9 Å². The van der Waals surface area contributed by atoms with Crippen LogP contribution in [0.1, 0.15) is 0 Å². The van der Waals surface area contributed by atoms with Gasteiger partial charge in [-0.15, -0.1) is 0 Å². The Hall–Kier alpha value is -2.30. The van der Waals surface area contributed by atoms with Crippen molar-refractivity contribution in [1.82, 2.24) is 24.5 Å². The van der Waals surface area contributed by atoms with Gasteiger partial charge < -0.3 is 0 Å². The Labute approximate surface area is 85.5 Å². The van der Waals surface area contributed by atoms with E-state index in [1.807, 2.05) is 10.6 Å². The van der Waals surface area contributed by atoms with E-state index < -0.39 is 0 Å². The number of rotatable bonds is 1. The highest BCUT2D eigenvalue weighted by Gasteiger charge is 2.03. The van der Waals surface area contributed by atoms with Crippen LogP contribution in [0.5, 0.6) is 0 Å². The van der Waals surface area contributed by atoms with Crippen LogP contribution in [0.4, 0.5) is 0 Å². The summed E-state index contributed by atoms with van der Waals surface area (Å²) >= 11 is 0. The fraction of sp³-hybridized carbons (Fsp3) is 0. The van der Waals surface area contributed by atoms with E-state index in [1.165, 1.54) is 0 Å². The van der Waals surface area contributed by atoms with E-state index in [4.69, 9.17) is 0 Å². The largest absolute Gasteiger partial charge is 0.282 e. The zero-order valence-electron chi connectivity index (χ0n) is 7.78. The highest BCUT2D eigenvalue weighted by Crippen LogP contribution is 2.13. The van der Waals surface area contributed by atoms with E-state index >= 15 is 0 Å². The molecule has 0 fully saturated rings. The number of hydrogen-bond donors (Lipinski definition) is 0. The van der Waals surface area contributed by atoms with Crippen molar-refractivity contribution in [3.63, 3.8) is 0 Å². The molecule has 0 radical (unpaired) electrons. The van der Waals surface area contributed by atoms with Gasteiger partial charge in [0.25, 0.3) is 0 Å². The maximum Gasteiger partial charge on any atom is 0.156 e. The van der Waals surface area contributed by atoms with Gasteiger partial charge in [0.05, 0.1) is 17.9 Å². The fourth-order valence-corrected chi connectivity index (χ4v) is 1.46. The number of pyridine rings is 1. The monoisotopic (exact) mass is 197 g/mol. The van der Waals surface area contributed by atoms with Gasteiger partial charge in [0.15, 0.2) is 5.82 Å². The lowest BCUT2D eigenvalue weighted by molar-refractivity contribution is 0.995. The second-order valence-corrected chi connectivity index (χ2v) is 3.04. The maximum absolute atomic E-state index is 4.23. The summed E-state index contributed by atoms with van der Waals surface area (Å²) in [5, 5.41) is 0. The smallest absolute Gasteiger partial charge is 0.156 e. The number of imidazole rings is 1. The molecule has 0 aliphatic carbocycles. The van der Waals surface area contributed by atoms with Gasteiger partial charge in [0, 0.05) is 18.6 Å². The van der Waals surface area contributed by atoms with Crippen LogP contribution in [-0.4, -0.2) is 24.5 Å². The third-order valence-corrected chi connectivity index (χ3v) is 2.15. The molecule has 5 nitrogen and oxygen atoms in total. The first-order valence-corrected chi connectivity index (χ1v) is 4.48. The zero-order valence-corrected chi connectivity index (χ0v) is 7.78. The van der Waals surface area contributed by atoms with Gasteiger partial charge in [-0.25, -0.2) is 9.97 Å². The first-order valence-electron chi connectivity index (χ1n) is 4.48. The van der Waals surface area contributed by atoms with E-state index in [9.17, 15) is 0 Å². The number of fused-ring (bicyclic) bond motifs is 1. The highest BCUT2D eigenvalue weighted by atomic mass is 15.1. The Bertz CT molecular complexity index is 587. The van der Waals surface area contributed by atoms with Gasteiger partial charge in [-0.2, -0.15) is 0 Å².